The molecular formula is C7H7NO5. The van der Waals surface area contributed by atoms with Crippen molar-refractivity contribution in [2.24, 2.45) is 0 Å². The summed E-state index contributed by atoms with van der Waals surface area (Å²) in [5, 5.41) is 16.6. The largest absolute Gasteiger partial charge is 0.477 e. The Bertz CT molecular complexity index is 369. The number of nitrogens with one attached hydrogen (secondary N) is 1. The molecule has 0 aliphatic rings. The molecule has 70 valence electrons. The zero-order valence-electron chi connectivity index (χ0n) is 6.48. The van der Waals surface area contributed by atoms with Crippen molar-refractivity contribution >= 4 is 5.97 Å². The van der Waals surface area contributed by atoms with E-state index in [0.717, 1.165) is 12.1 Å². The minimum Gasteiger partial charge on any atom is -0.477 e. The first-order chi connectivity index (χ1) is 6.13. The standard InChI is InChI=1S/C7H7NO5/c9-5-1-4(3-13-12)8-6(2-5)7(10)11/h1-2,12H,3H2,(H,8,9)(H,10,11). The van der Waals surface area contributed by atoms with Crippen molar-refractivity contribution in [3.8, 4) is 0 Å². The molecule has 0 unspecified atom stereocenters. The Balaban J connectivity index is 3.11. The van der Waals surface area contributed by atoms with Gasteiger partial charge < -0.3 is 10.1 Å². The van der Waals surface area contributed by atoms with Crippen LogP contribution in [0.2, 0.25) is 0 Å². The Morgan fingerprint density at radius 1 is 1.54 bits per heavy atom. The molecule has 0 spiro atoms. The topological polar surface area (TPSA) is 99.6 Å². The summed E-state index contributed by atoms with van der Waals surface area (Å²) in [6.45, 7) is -0.254. The lowest BCUT2D eigenvalue weighted by Crippen LogP contribution is -2.11. The summed E-state index contributed by atoms with van der Waals surface area (Å²) in [6, 6.07) is 2.09. The maximum absolute atomic E-state index is 10.9. The highest BCUT2D eigenvalue weighted by Crippen LogP contribution is 1.96. The van der Waals surface area contributed by atoms with E-state index in [-0.39, 0.29) is 18.0 Å². The SMILES string of the molecule is O=C(O)c1cc(=O)cc(COO)[nH]1. The highest BCUT2D eigenvalue weighted by Gasteiger charge is 2.05. The monoisotopic (exact) mass is 185 g/mol. The van der Waals surface area contributed by atoms with Gasteiger partial charge in [-0.05, 0) is 0 Å². The molecule has 0 aromatic carbocycles. The Hall–Kier alpha value is -1.66. The van der Waals surface area contributed by atoms with E-state index in [0.29, 0.717) is 0 Å². The number of hydrogen-bond acceptors (Lipinski definition) is 4. The summed E-state index contributed by atoms with van der Waals surface area (Å²) < 4.78 is 0. The van der Waals surface area contributed by atoms with Crippen LogP contribution in [0.4, 0.5) is 0 Å². The van der Waals surface area contributed by atoms with E-state index in [4.69, 9.17) is 10.4 Å². The van der Waals surface area contributed by atoms with Crippen molar-refractivity contribution in [1.29, 1.82) is 0 Å². The van der Waals surface area contributed by atoms with Gasteiger partial charge in [-0.15, -0.1) is 0 Å². The summed E-state index contributed by atoms with van der Waals surface area (Å²) in [5.74, 6) is -1.24. The number of aromatic amines is 1. The van der Waals surface area contributed by atoms with Crippen molar-refractivity contribution < 1.29 is 20.0 Å². The molecular weight excluding hydrogens is 178 g/mol. The second-order valence-electron chi connectivity index (χ2n) is 2.33. The smallest absolute Gasteiger partial charge is 0.352 e. The van der Waals surface area contributed by atoms with Gasteiger partial charge in [0.25, 0.3) is 0 Å². The number of rotatable bonds is 3. The van der Waals surface area contributed by atoms with Gasteiger partial charge in [-0.1, -0.05) is 0 Å². The third-order valence-electron chi connectivity index (χ3n) is 1.35. The van der Waals surface area contributed by atoms with Gasteiger partial charge in [0.05, 0.1) is 0 Å². The van der Waals surface area contributed by atoms with Crippen LogP contribution in [0.3, 0.4) is 0 Å². The number of pyridine rings is 1. The van der Waals surface area contributed by atoms with Crippen LogP contribution in [-0.4, -0.2) is 21.3 Å². The van der Waals surface area contributed by atoms with E-state index in [1.165, 1.54) is 0 Å². The van der Waals surface area contributed by atoms with E-state index >= 15 is 0 Å². The number of aromatic carboxylic acids is 1. The lowest BCUT2D eigenvalue weighted by atomic mass is 10.3. The van der Waals surface area contributed by atoms with Gasteiger partial charge in [0.1, 0.15) is 12.3 Å². The Labute approximate surface area is 72.3 Å². The molecule has 1 aromatic heterocycles. The summed E-state index contributed by atoms with van der Waals surface area (Å²) >= 11 is 0. The Morgan fingerprint density at radius 3 is 2.77 bits per heavy atom. The second-order valence-corrected chi connectivity index (χ2v) is 2.33. The fraction of sp³-hybridized carbons (Fsp3) is 0.143. The van der Waals surface area contributed by atoms with E-state index in [9.17, 15) is 9.59 Å². The predicted molar refractivity (Wildman–Crippen MR) is 41.4 cm³/mol. The molecule has 3 N–H and O–H groups in total. The zero-order chi connectivity index (χ0) is 9.84. The lowest BCUT2D eigenvalue weighted by molar-refractivity contribution is -0.253. The lowest BCUT2D eigenvalue weighted by Gasteiger charge is -1.99. The van der Waals surface area contributed by atoms with Crippen LogP contribution in [0, 0.1) is 0 Å². The molecule has 0 bridgehead atoms. The molecule has 13 heavy (non-hydrogen) atoms. The molecule has 0 atom stereocenters. The molecule has 0 radical (unpaired) electrons. The van der Waals surface area contributed by atoms with E-state index < -0.39 is 11.4 Å². The summed E-state index contributed by atoms with van der Waals surface area (Å²) in [5.41, 5.74) is -0.491. The highest BCUT2D eigenvalue weighted by atomic mass is 17.1. The van der Waals surface area contributed by atoms with Gasteiger partial charge in [-0.25, -0.2) is 9.68 Å². The summed E-state index contributed by atoms with van der Waals surface area (Å²) in [7, 11) is 0. The molecule has 6 heteroatoms. The summed E-state index contributed by atoms with van der Waals surface area (Å²) in [4.78, 5) is 27.5. The molecule has 0 saturated carbocycles. The Morgan fingerprint density at radius 2 is 2.23 bits per heavy atom. The van der Waals surface area contributed by atoms with E-state index in [1.54, 1.807) is 0 Å². The number of carboxylic acids is 1. The number of carbonyl (C=O) groups is 1. The van der Waals surface area contributed by atoms with Crippen molar-refractivity contribution in [2.45, 2.75) is 6.61 Å². The van der Waals surface area contributed by atoms with Gasteiger partial charge in [-0.3, -0.25) is 10.1 Å². The minimum atomic E-state index is -1.24. The normalized spacial score (nSPS) is 9.92. The number of carboxylic acid groups (broad SMARTS) is 1. The molecule has 1 rings (SSSR count). The first-order valence-corrected chi connectivity index (χ1v) is 3.36. The van der Waals surface area contributed by atoms with E-state index in [2.05, 4.69) is 9.87 Å². The van der Waals surface area contributed by atoms with Crippen molar-refractivity contribution in [3.05, 3.63) is 33.7 Å². The fourth-order valence-corrected chi connectivity index (χ4v) is 0.863. The van der Waals surface area contributed by atoms with Crippen molar-refractivity contribution in [2.75, 3.05) is 0 Å². The maximum atomic E-state index is 10.9. The van der Waals surface area contributed by atoms with E-state index in [1.807, 2.05) is 0 Å². The minimum absolute atomic E-state index is 0.201. The second kappa shape index (κ2) is 3.83. The molecule has 6 nitrogen and oxygen atoms in total. The van der Waals surface area contributed by atoms with Crippen LogP contribution >= 0.6 is 0 Å². The van der Waals surface area contributed by atoms with Crippen LogP contribution in [-0.2, 0) is 11.5 Å². The molecule has 0 saturated heterocycles. The third kappa shape index (κ3) is 2.39. The highest BCUT2D eigenvalue weighted by molar-refractivity contribution is 5.85. The van der Waals surface area contributed by atoms with Crippen molar-refractivity contribution in [3.63, 3.8) is 0 Å². The molecule has 0 fully saturated rings. The molecule has 0 amide bonds. The average molecular weight is 185 g/mol. The van der Waals surface area contributed by atoms with Gasteiger partial charge >= 0.3 is 5.97 Å². The molecule has 0 aliphatic carbocycles. The van der Waals surface area contributed by atoms with Crippen LogP contribution in [0.1, 0.15) is 16.2 Å². The first kappa shape index (κ1) is 9.43. The number of aromatic nitrogens is 1. The van der Waals surface area contributed by atoms with Gasteiger partial charge in [0.15, 0.2) is 5.43 Å². The van der Waals surface area contributed by atoms with Gasteiger partial charge in [0, 0.05) is 17.8 Å². The quantitative estimate of drug-likeness (QED) is 0.456. The molecule has 1 heterocycles. The molecule has 1 aromatic rings. The number of H-pyrrole nitrogens is 1. The average Bonchev–Trinajstić information content (AvgIpc) is 2.03. The van der Waals surface area contributed by atoms with Gasteiger partial charge in [0.2, 0.25) is 0 Å². The zero-order valence-corrected chi connectivity index (χ0v) is 6.48. The van der Waals surface area contributed by atoms with Crippen molar-refractivity contribution in [1.82, 2.24) is 4.98 Å². The fourth-order valence-electron chi connectivity index (χ4n) is 0.863. The van der Waals surface area contributed by atoms with Crippen LogP contribution < -0.4 is 5.43 Å². The summed E-state index contributed by atoms with van der Waals surface area (Å²) in [6.07, 6.45) is 0. The predicted octanol–water partition coefficient (Wildman–Crippen LogP) is 0.0627. The Kier molecular flexibility index (Phi) is 2.78. The molecule has 0 aliphatic heterocycles. The van der Waals surface area contributed by atoms with Crippen LogP contribution in [0.15, 0.2) is 16.9 Å². The van der Waals surface area contributed by atoms with Gasteiger partial charge in [-0.2, -0.15) is 0 Å². The van der Waals surface area contributed by atoms with Crippen LogP contribution in [0.5, 0.6) is 0 Å². The third-order valence-corrected chi connectivity index (χ3v) is 1.35. The van der Waals surface area contributed by atoms with Crippen LogP contribution in [0.25, 0.3) is 0 Å². The maximum Gasteiger partial charge on any atom is 0.352 e. The first-order valence-electron chi connectivity index (χ1n) is 3.36. The number of hydrogen-bond donors (Lipinski definition) is 3.